The van der Waals surface area contributed by atoms with Crippen molar-refractivity contribution < 1.29 is 13.6 Å². The molecular weight excluding hydrogens is 298 g/mol. The molecule has 3 rings (SSSR count). The zero-order valence-corrected chi connectivity index (χ0v) is 12.8. The molecule has 5 heteroatoms. The molecule has 0 spiro atoms. The van der Waals surface area contributed by atoms with Crippen LogP contribution in [-0.4, -0.2) is 5.91 Å². The fourth-order valence-electron chi connectivity index (χ4n) is 2.49. The van der Waals surface area contributed by atoms with E-state index in [1.807, 2.05) is 0 Å². The van der Waals surface area contributed by atoms with Crippen molar-refractivity contribution in [3.05, 3.63) is 59.7 Å². The number of rotatable bonds is 5. The van der Waals surface area contributed by atoms with E-state index in [2.05, 4.69) is 10.6 Å². The number of hydrogen-bond donors (Lipinski definition) is 2. The van der Waals surface area contributed by atoms with Gasteiger partial charge in [-0.15, -0.1) is 0 Å². The number of benzene rings is 2. The van der Waals surface area contributed by atoms with Crippen molar-refractivity contribution in [2.24, 2.45) is 5.92 Å². The molecule has 1 aliphatic rings. The second-order valence-electron chi connectivity index (χ2n) is 5.84. The van der Waals surface area contributed by atoms with Crippen molar-refractivity contribution in [3.8, 4) is 0 Å². The predicted octanol–water partition coefficient (Wildman–Crippen LogP) is 4.49. The third-order valence-electron chi connectivity index (χ3n) is 3.92. The van der Waals surface area contributed by atoms with Crippen LogP contribution < -0.4 is 10.6 Å². The minimum absolute atomic E-state index is 0.0126. The van der Waals surface area contributed by atoms with Crippen LogP contribution in [0.2, 0.25) is 0 Å². The Labute approximate surface area is 133 Å². The topological polar surface area (TPSA) is 41.1 Å². The van der Waals surface area contributed by atoms with E-state index in [1.165, 1.54) is 18.2 Å². The van der Waals surface area contributed by atoms with Crippen molar-refractivity contribution in [1.29, 1.82) is 0 Å². The van der Waals surface area contributed by atoms with Crippen LogP contribution in [0.25, 0.3) is 0 Å². The third-order valence-corrected chi connectivity index (χ3v) is 3.92. The zero-order valence-electron chi connectivity index (χ0n) is 12.8. The standard InChI is InChI=1S/C18H18F2N2O/c1-11(17-15(19)3-2-4-16(17)20)21-13-7-9-14(10-8-13)22-18(23)12-5-6-12/h2-4,7-12,21H,5-6H2,1H3,(H,22,23). The number of amides is 1. The van der Waals surface area contributed by atoms with Crippen LogP contribution in [0, 0.1) is 17.6 Å². The highest BCUT2D eigenvalue weighted by Gasteiger charge is 2.29. The van der Waals surface area contributed by atoms with Gasteiger partial charge in [0.2, 0.25) is 5.91 Å². The average molecular weight is 316 g/mol. The molecule has 0 saturated heterocycles. The number of carbonyl (C=O) groups excluding carboxylic acids is 1. The molecule has 120 valence electrons. The van der Waals surface area contributed by atoms with E-state index in [1.54, 1.807) is 31.2 Å². The van der Waals surface area contributed by atoms with Crippen molar-refractivity contribution >= 4 is 17.3 Å². The summed E-state index contributed by atoms with van der Waals surface area (Å²) >= 11 is 0. The van der Waals surface area contributed by atoms with E-state index in [4.69, 9.17) is 0 Å². The molecule has 2 aromatic rings. The lowest BCUT2D eigenvalue weighted by molar-refractivity contribution is -0.117. The summed E-state index contributed by atoms with van der Waals surface area (Å²) in [5.41, 5.74) is 1.46. The van der Waals surface area contributed by atoms with Gasteiger partial charge >= 0.3 is 0 Å². The molecule has 0 aromatic heterocycles. The Morgan fingerprint density at radius 3 is 2.17 bits per heavy atom. The average Bonchev–Trinajstić information content (AvgIpc) is 3.34. The molecule has 0 aliphatic heterocycles. The molecular formula is C18H18F2N2O. The normalized spacial score (nSPS) is 15.1. The quantitative estimate of drug-likeness (QED) is 0.853. The van der Waals surface area contributed by atoms with E-state index in [0.29, 0.717) is 0 Å². The van der Waals surface area contributed by atoms with E-state index in [0.717, 1.165) is 24.2 Å². The highest BCUT2D eigenvalue weighted by atomic mass is 19.1. The third kappa shape index (κ3) is 3.67. The molecule has 3 nitrogen and oxygen atoms in total. The summed E-state index contributed by atoms with van der Waals surface area (Å²) in [6.45, 7) is 1.70. The fraction of sp³-hybridized carbons (Fsp3) is 0.278. The number of carbonyl (C=O) groups is 1. The summed E-state index contributed by atoms with van der Waals surface area (Å²) in [5, 5.41) is 5.91. The van der Waals surface area contributed by atoms with Gasteiger partial charge in [0.1, 0.15) is 11.6 Å². The smallest absolute Gasteiger partial charge is 0.227 e. The van der Waals surface area contributed by atoms with Crippen LogP contribution in [0.5, 0.6) is 0 Å². The van der Waals surface area contributed by atoms with Crippen LogP contribution in [-0.2, 0) is 4.79 Å². The Morgan fingerprint density at radius 2 is 1.61 bits per heavy atom. The Balaban J connectivity index is 1.66. The molecule has 1 saturated carbocycles. The van der Waals surface area contributed by atoms with Crippen molar-refractivity contribution in [2.45, 2.75) is 25.8 Å². The predicted molar refractivity (Wildman–Crippen MR) is 86.2 cm³/mol. The fourth-order valence-corrected chi connectivity index (χ4v) is 2.49. The number of nitrogens with one attached hydrogen (secondary N) is 2. The molecule has 1 atom stereocenters. The van der Waals surface area contributed by atoms with E-state index < -0.39 is 17.7 Å². The van der Waals surface area contributed by atoms with Crippen LogP contribution in [0.1, 0.15) is 31.4 Å². The van der Waals surface area contributed by atoms with Crippen LogP contribution in [0.4, 0.5) is 20.2 Å². The minimum atomic E-state index is -0.571. The first-order chi connectivity index (χ1) is 11.0. The maximum atomic E-state index is 13.8. The molecule has 0 bridgehead atoms. The summed E-state index contributed by atoms with van der Waals surface area (Å²) in [4.78, 5) is 11.7. The van der Waals surface area contributed by atoms with Gasteiger partial charge in [-0.1, -0.05) is 6.07 Å². The van der Waals surface area contributed by atoms with Gasteiger partial charge in [0, 0.05) is 22.9 Å². The van der Waals surface area contributed by atoms with E-state index in [9.17, 15) is 13.6 Å². The van der Waals surface area contributed by atoms with Gasteiger partial charge < -0.3 is 10.6 Å². The van der Waals surface area contributed by atoms with Crippen molar-refractivity contribution in [2.75, 3.05) is 10.6 Å². The minimum Gasteiger partial charge on any atom is -0.378 e. The summed E-state index contributed by atoms with van der Waals surface area (Å²) in [6, 6.07) is 10.4. The Kier molecular flexibility index (Phi) is 4.28. The summed E-state index contributed by atoms with van der Waals surface area (Å²) in [6.07, 6.45) is 1.91. The highest BCUT2D eigenvalue weighted by Crippen LogP contribution is 2.30. The van der Waals surface area contributed by atoms with Gasteiger partial charge in [0.25, 0.3) is 0 Å². The second-order valence-corrected chi connectivity index (χ2v) is 5.84. The van der Waals surface area contributed by atoms with Gasteiger partial charge in [-0.25, -0.2) is 8.78 Å². The van der Waals surface area contributed by atoms with E-state index in [-0.39, 0.29) is 17.4 Å². The second kappa shape index (κ2) is 6.36. The van der Waals surface area contributed by atoms with Crippen LogP contribution >= 0.6 is 0 Å². The van der Waals surface area contributed by atoms with Gasteiger partial charge in [-0.3, -0.25) is 4.79 Å². The van der Waals surface area contributed by atoms with Crippen molar-refractivity contribution in [3.63, 3.8) is 0 Å². The maximum Gasteiger partial charge on any atom is 0.227 e. The van der Waals surface area contributed by atoms with Gasteiger partial charge in [0.15, 0.2) is 0 Å². The highest BCUT2D eigenvalue weighted by molar-refractivity contribution is 5.94. The van der Waals surface area contributed by atoms with Gasteiger partial charge in [0.05, 0.1) is 6.04 Å². The van der Waals surface area contributed by atoms with Gasteiger partial charge in [-0.05, 0) is 56.2 Å². The monoisotopic (exact) mass is 316 g/mol. The van der Waals surface area contributed by atoms with Gasteiger partial charge in [-0.2, -0.15) is 0 Å². The lowest BCUT2D eigenvalue weighted by atomic mass is 10.1. The molecule has 2 aromatic carbocycles. The zero-order chi connectivity index (χ0) is 16.4. The molecule has 1 amide bonds. The van der Waals surface area contributed by atoms with Crippen molar-refractivity contribution in [1.82, 2.24) is 0 Å². The summed E-state index contributed by atoms with van der Waals surface area (Å²) in [7, 11) is 0. The number of hydrogen-bond acceptors (Lipinski definition) is 2. The first-order valence-corrected chi connectivity index (χ1v) is 7.66. The molecule has 2 N–H and O–H groups in total. The van der Waals surface area contributed by atoms with Crippen LogP contribution in [0.3, 0.4) is 0 Å². The van der Waals surface area contributed by atoms with E-state index >= 15 is 0 Å². The van der Waals surface area contributed by atoms with Crippen LogP contribution in [0.15, 0.2) is 42.5 Å². The Hall–Kier alpha value is -2.43. The first-order valence-electron chi connectivity index (χ1n) is 7.66. The largest absolute Gasteiger partial charge is 0.378 e. The summed E-state index contributed by atoms with van der Waals surface area (Å²) < 4.78 is 27.5. The molecule has 0 radical (unpaired) electrons. The lowest BCUT2D eigenvalue weighted by Gasteiger charge is -2.17. The first kappa shape index (κ1) is 15.5. The number of anilines is 2. The Bertz CT molecular complexity index is 691. The summed E-state index contributed by atoms with van der Waals surface area (Å²) in [5.74, 6) is -0.944. The molecule has 1 fully saturated rings. The Morgan fingerprint density at radius 1 is 1.04 bits per heavy atom. The molecule has 1 unspecified atom stereocenters. The number of halogens is 2. The SMILES string of the molecule is CC(Nc1ccc(NC(=O)C2CC2)cc1)c1c(F)cccc1F. The maximum absolute atomic E-state index is 13.8. The lowest BCUT2D eigenvalue weighted by Crippen LogP contribution is -2.13. The molecule has 23 heavy (non-hydrogen) atoms. The molecule has 1 aliphatic carbocycles. The molecule has 0 heterocycles.